The summed E-state index contributed by atoms with van der Waals surface area (Å²) in [4.78, 5) is 0. The fourth-order valence-electron chi connectivity index (χ4n) is 4.91. The second kappa shape index (κ2) is 15.0. The molecule has 0 spiro atoms. The van der Waals surface area contributed by atoms with E-state index in [9.17, 15) is 0 Å². The fourth-order valence-corrected chi connectivity index (χ4v) is 4.91. The van der Waals surface area contributed by atoms with E-state index in [0.29, 0.717) is 13.2 Å². The van der Waals surface area contributed by atoms with Crippen molar-refractivity contribution in [2.24, 2.45) is 0 Å². The number of benzene rings is 5. The molecule has 5 rings (SSSR count). The third-order valence-corrected chi connectivity index (χ3v) is 7.32. The lowest BCUT2D eigenvalue weighted by Gasteiger charge is -2.10. The maximum atomic E-state index is 5.76. The lowest BCUT2D eigenvalue weighted by atomic mass is 9.92. The molecule has 210 valence electrons. The maximum Gasteiger partial charge on any atom is 0.0716 e. The first-order valence-corrected chi connectivity index (χ1v) is 15.1. The average molecular weight is 551 g/mol. The van der Waals surface area contributed by atoms with Crippen molar-refractivity contribution < 1.29 is 9.47 Å². The van der Waals surface area contributed by atoms with Gasteiger partial charge in [-0.2, -0.15) is 0 Å². The van der Waals surface area contributed by atoms with Gasteiger partial charge < -0.3 is 9.47 Å². The van der Waals surface area contributed by atoms with E-state index in [4.69, 9.17) is 9.47 Å². The normalized spacial score (nSPS) is 10.7. The van der Waals surface area contributed by atoms with E-state index in [1.165, 1.54) is 11.1 Å². The minimum atomic E-state index is 0.642. The maximum absolute atomic E-state index is 5.76. The highest BCUT2D eigenvalue weighted by Crippen LogP contribution is 2.32. The van der Waals surface area contributed by atoms with Crippen LogP contribution in [0.15, 0.2) is 97.1 Å². The van der Waals surface area contributed by atoms with Crippen molar-refractivity contribution in [1.82, 2.24) is 0 Å². The highest BCUT2D eigenvalue weighted by Gasteiger charge is 2.11. The lowest BCUT2D eigenvalue weighted by molar-refractivity contribution is 0.118. The molecule has 0 aliphatic rings. The second-order valence-electron chi connectivity index (χ2n) is 10.5. The minimum absolute atomic E-state index is 0.642. The molecule has 0 fully saturated rings. The molecular weight excluding hydrogens is 512 g/mol. The van der Waals surface area contributed by atoms with Crippen molar-refractivity contribution >= 4 is 21.5 Å². The van der Waals surface area contributed by atoms with Crippen molar-refractivity contribution in [3.8, 4) is 23.7 Å². The summed E-state index contributed by atoms with van der Waals surface area (Å²) >= 11 is 0. The number of unbranched alkanes of at least 4 members (excludes halogenated alkanes) is 2. The van der Waals surface area contributed by atoms with Crippen LogP contribution in [-0.4, -0.2) is 13.2 Å². The van der Waals surface area contributed by atoms with Gasteiger partial charge in [0.05, 0.1) is 13.2 Å². The summed E-state index contributed by atoms with van der Waals surface area (Å²) in [6.45, 7) is 7.25. The Morgan fingerprint density at radius 2 is 0.810 bits per heavy atom. The van der Waals surface area contributed by atoms with Gasteiger partial charge in [-0.1, -0.05) is 123 Å². The first-order valence-electron chi connectivity index (χ1n) is 15.1. The fraction of sp³-hybridized carbons (Fsp3) is 0.250. The zero-order chi connectivity index (χ0) is 29.0. The summed E-state index contributed by atoms with van der Waals surface area (Å²) in [5.74, 6) is 13.9. The van der Waals surface area contributed by atoms with Gasteiger partial charge in [-0.15, -0.1) is 0 Å². The molecule has 0 radical (unpaired) electrons. The van der Waals surface area contributed by atoms with Gasteiger partial charge in [0, 0.05) is 35.5 Å². The highest BCUT2D eigenvalue weighted by molar-refractivity contribution is 6.09. The van der Waals surface area contributed by atoms with Crippen LogP contribution < -0.4 is 0 Å². The van der Waals surface area contributed by atoms with Crippen LogP contribution in [0.4, 0.5) is 0 Å². The summed E-state index contributed by atoms with van der Waals surface area (Å²) in [5, 5.41) is 4.48. The van der Waals surface area contributed by atoms with Crippen molar-refractivity contribution in [3.63, 3.8) is 0 Å². The molecule has 0 bridgehead atoms. The van der Waals surface area contributed by atoms with Gasteiger partial charge in [0.25, 0.3) is 0 Å². The molecule has 0 saturated heterocycles. The van der Waals surface area contributed by atoms with Crippen molar-refractivity contribution in [2.75, 3.05) is 13.2 Å². The average Bonchev–Trinajstić information content (AvgIpc) is 3.04. The van der Waals surface area contributed by atoms with Crippen LogP contribution in [0.3, 0.4) is 0 Å². The molecule has 5 aromatic carbocycles. The molecule has 0 saturated carbocycles. The Bertz CT molecular complexity index is 1550. The molecule has 0 N–H and O–H groups in total. The molecule has 0 aliphatic carbocycles. The molecule has 2 heteroatoms. The Balaban J connectivity index is 1.44. The predicted octanol–water partition coefficient (Wildman–Crippen LogP) is 9.43. The molecule has 5 aromatic rings. The first kappa shape index (κ1) is 29.2. The molecule has 0 unspecified atom stereocenters. The highest BCUT2D eigenvalue weighted by atomic mass is 16.5. The smallest absolute Gasteiger partial charge is 0.0716 e. The van der Waals surface area contributed by atoms with Crippen molar-refractivity contribution in [2.45, 2.75) is 52.7 Å². The Kier molecular flexibility index (Phi) is 10.4. The van der Waals surface area contributed by atoms with Gasteiger partial charge in [0.1, 0.15) is 0 Å². The van der Waals surface area contributed by atoms with Crippen LogP contribution in [0.2, 0.25) is 0 Å². The van der Waals surface area contributed by atoms with Gasteiger partial charge in [-0.3, -0.25) is 0 Å². The Labute approximate surface area is 250 Å². The Hall–Kier alpha value is -4.34. The number of ether oxygens (including phenoxy) is 2. The molecule has 0 amide bonds. The van der Waals surface area contributed by atoms with Crippen LogP contribution in [0.1, 0.15) is 72.9 Å². The summed E-state index contributed by atoms with van der Waals surface area (Å²) < 4.78 is 11.5. The van der Waals surface area contributed by atoms with E-state index in [2.05, 4.69) is 135 Å². The van der Waals surface area contributed by atoms with E-state index in [1.54, 1.807) is 0 Å². The second-order valence-corrected chi connectivity index (χ2v) is 10.5. The van der Waals surface area contributed by atoms with Gasteiger partial charge in [-0.25, -0.2) is 0 Å². The topological polar surface area (TPSA) is 18.5 Å². The summed E-state index contributed by atoms with van der Waals surface area (Å²) in [5.41, 5.74) is 6.39. The molecular formula is C40H38O2. The number of hydrogen-bond donors (Lipinski definition) is 0. The monoisotopic (exact) mass is 550 g/mol. The van der Waals surface area contributed by atoms with E-state index < -0.39 is 0 Å². The molecule has 2 nitrogen and oxygen atoms in total. The summed E-state index contributed by atoms with van der Waals surface area (Å²) in [6.07, 6.45) is 4.49. The predicted molar refractivity (Wildman–Crippen MR) is 175 cm³/mol. The molecule has 0 heterocycles. The third-order valence-electron chi connectivity index (χ3n) is 7.32. The van der Waals surface area contributed by atoms with Crippen LogP contribution in [0, 0.1) is 23.7 Å². The van der Waals surface area contributed by atoms with Gasteiger partial charge >= 0.3 is 0 Å². The Morgan fingerprint density at radius 3 is 1.14 bits per heavy atom. The third kappa shape index (κ3) is 7.48. The quantitative estimate of drug-likeness (QED) is 0.0979. The molecule has 42 heavy (non-hydrogen) atoms. The number of hydrogen-bond acceptors (Lipinski definition) is 2. The number of fused-ring (bicyclic) bond motifs is 2. The number of rotatable bonds is 10. The summed E-state index contributed by atoms with van der Waals surface area (Å²) in [7, 11) is 0. The van der Waals surface area contributed by atoms with Crippen LogP contribution in [0.25, 0.3) is 21.5 Å². The standard InChI is InChI=1S/C40H38O2/c1-3-5-27-41-29-33-19-15-31(16-20-33)23-25-39-35-11-7-9-13-37(35)40(38-14-10-8-12-36(38)39)26-24-32-17-21-34(22-18-32)30-42-28-6-4-2/h7-22H,3-6,27-30H2,1-2H3. The van der Waals surface area contributed by atoms with Crippen LogP contribution >= 0.6 is 0 Å². The van der Waals surface area contributed by atoms with Gasteiger partial charge in [0.2, 0.25) is 0 Å². The van der Waals surface area contributed by atoms with Gasteiger partial charge in [-0.05, 0) is 69.8 Å². The zero-order valence-corrected chi connectivity index (χ0v) is 24.7. The van der Waals surface area contributed by atoms with E-state index in [-0.39, 0.29) is 0 Å². The lowest BCUT2D eigenvalue weighted by Crippen LogP contribution is -1.95. The SMILES string of the molecule is CCCCOCc1ccc(C#Cc2c3ccccc3c(C#Cc3ccc(COCCCC)cc3)c3ccccc23)cc1. The minimum Gasteiger partial charge on any atom is -0.377 e. The van der Waals surface area contributed by atoms with Crippen LogP contribution in [0.5, 0.6) is 0 Å². The molecule has 0 aromatic heterocycles. The largest absolute Gasteiger partial charge is 0.377 e. The van der Waals surface area contributed by atoms with E-state index in [0.717, 1.165) is 82.7 Å². The van der Waals surface area contributed by atoms with Crippen molar-refractivity contribution in [3.05, 3.63) is 130 Å². The first-order chi connectivity index (χ1) is 20.8. The van der Waals surface area contributed by atoms with E-state index >= 15 is 0 Å². The van der Waals surface area contributed by atoms with E-state index in [1.807, 2.05) is 0 Å². The molecule has 0 atom stereocenters. The van der Waals surface area contributed by atoms with Crippen molar-refractivity contribution in [1.29, 1.82) is 0 Å². The zero-order valence-electron chi connectivity index (χ0n) is 24.7. The van der Waals surface area contributed by atoms with Gasteiger partial charge in [0.15, 0.2) is 0 Å². The Morgan fingerprint density at radius 1 is 0.452 bits per heavy atom. The molecule has 0 aliphatic heterocycles. The summed E-state index contributed by atoms with van der Waals surface area (Å²) in [6, 6.07) is 33.7. The van der Waals surface area contributed by atoms with Crippen LogP contribution in [-0.2, 0) is 22.7 Å².